The molecule has 0 atom stereocenters. The third-order valence-electron chi connectivity index (χ3n) is 4.86. The average Bonchev–Trinajstić information content (AvgIpc) is 2.98. The van der Waals surface area contributed by atoms with E-state index >= 15 is 0 Å². The molecule has 4 heteroatoms. The molecule has 0 radical (unpaired) electrons. The van der Waals surface area contributed by atoms with Gasteiger partial charge < -0.3 is 11.1 Å². The maximum Gasteiger partial charge on any atom is 0.188 e. The summed E-state index contributed by atoms with van der Waals surface area (Å²) in [6, 6.07) is 8.80. The predicted molar refractivity (Wildman–Crippen MR) is 91.6 cm³/mol. The van der Waals surface area contributed by atoms with E-state index in [2.05, 4.69) is 39.5 Å². The number of nitrogens with zero attached hydrogens (tertiary/aromatic N) is 2. The third-order valence-corrected chi connectivity index (χ3v) is 4.86. The first kappa shape index (κ1) is 15.3. The zero-order valence-electron chi connectivity index (χ0n) is 13.4. The van der Waals surface area contributed by atoms with Gasteiger partial charge in [-0.2, -0.15) is 0 Å². The first-order valence-electron chi connectivity index (χ1n) is 8.63. The molecule has 3 rings (SSSR count). The summed E-state index contributed by atoms with van der Waals surface area (Å²) < 4.78 is 0. The summed E-state index contributed by atoms with van der Waals surface area (Å²) in [4.78, 5) is 6.95. The molecular formula is C18H28N4. The molecule has 1 heterocycles. The molecule has 1 aromatic carbocycles. The number of aliphatic imine (C=N–C) groups is 1. The highest BCUT2D eigenvalue weighted by Gasteiger charge is 2.16. The first-order valence-corrected chi connectivity index (χ1v) is 8.63. The van der Waals surface area contributed by atoms with Crippen molar-refractivity contribution in [2.75, 3.05) is 19.6 Å². The van der Waals surface area contributed by atoms with Gasteiger partial charge in [-0.1, -0.05) is 30.7 Å². The van der Waals surface area contributed by atoms with Gasteiger partial charge in [-0.3, -0.25) is 4.90 Å². The van der Waals surface area contributed by atoms with Gasteiger partial charge >= 0.3 is 0 Å². The zero-order chi connectivity index (χ0) is 15.2. The quantitative estimate of drug-likeness (QED) is 0.627. The number of hydrogen-bond donors (Lipinski definition) is 2. The summed E-state index contributed by atoms with van der Waals surface area (Å²) >= 11 is 0. The van der Waals surface area contributed by atoms with Gasteiger partial charge in [0.25, 0.3) is 0 Å². The lowest BCUT2D eigenvalue weighted by atomic mass is 9.85. The second kappa shape index (κ2) is 7.63. The molecule has 0 amide bonds. The summed E-state index contributed by atoms with van der Waals surface area (Å²) in [7, 11) is 0. The molecule has 1 aliphatic heterocycles. The number of nitrogens with one attached hydrogen (secondary N) is 1. The van der Waals surface area contributed by atoms with Gasteiger partial charge in [-0.15, -0.1) is 0 Å². The Morgan fingerprint density at radius 2 is 1.77 bits per heavy atom. The maximum atomic E-state index is 5.92. The summed E-state index contributed by atoms with van der Waals surface area (Å²) in [5, 5.41) is 3.24. The highest BCUT2D eigenvalue weighted by atomic mass is 15.1. The van der Waals surface area contributed by atoms with Gasteiger partial charge in [0.15, 0.2) is 5.96 Å². The molecule has 1 saturated heterocycles. The first-order chi connectivity index (χ1) is 10.8. The Morgan fingerprint density at radius 1 is 1.09 bits per heavy atom. The minimum Gasteiger partial charge on any atom is -0.370 e. The summed E-state index contributed by atoms with van der Waals surface area (Å²) in [6.07, 6.45) is 6.73. The largest absolute Gasteiger partial charge is 0.370 e. The molecule has 2 aliphatic rings. The lowest BCUT2D eigenvalue weighted by molar-refractivity contribution is 0.315. The minimum atomic E-state index is 0.577. The molecule has 120 valence electrons. The topological polar surface area (TPSA) is 53.6 Å². The average molecular weight is 300 g/mol. The third kappa shape index (κ3) is 4.47. The Balaban J connectivity index is 1.43. The van der Waals surface area contributed by atoms with Crippen molar-refractivity contribution in [2.24, 2.45) is 16.6 Å². The normalized spacial score (nSPS) is 20.1. The van der Waals surface area contributed by atoms with Crippen molar-refractivity contribution in [3.8, 4) is 0 Å². The van der Waals surface area contributed by atoms with E-state index in [9.17, 15) is 0 Å². The lowest BCUT2D eigenvalue weighted by Gasteiger charge is -2.25. The highest BCUT2D eigenvalue weighted by Crippen LogP contribution is 2.25. The summed E-state index contributed by atoms with van der Waals surface area (Å²) in [5.41, 5.74) is 8.53. The molecule has 0 bridgehead atoms. The fourth-order valence-electron chi connectivity index (χ4n) is 3.13. The van der Waals surface area contributed by atoms with Crippen molar-refractivity contribution < 1.29 is 0 Å². The fourth-order valence-corrected chi connectivity index (χ4v) is 3.13. The van der Waals surface area contributed by atoms with Crippen LogP contribution in [-0.4, -0.2) is 30.5 Å². The standard InChI is InChI=1S/C18H28N4/c19-18(20-12-15-4-3-5-15)21-13-16-6-8-17(9-7-16)14-22-10-1-2-11-22/h6-9,15H,1-5,10-14H2,(H3,19,20,21). The number of likely N-dealkylation sites (tertiary alicyclic amines) is 1. The fraction of sp³-hybridized carbons (Fsp3) is 0.611. The van der Waals surface area contributed by atoms with Crippen LogP contribution in [0.5, 0.6) is 0 Å². The van der Waals surface area contributed by atoms with Crippen LogP contribution in [0.15, 0.2) is 29.3 Å². The second-order valence-corrected chi connectivity index (χ2v) is 6.68. The molecule has 0 aromatic heterocycles. The molecule has 4 nitrogen and oxygen atoms in total. The molecule has 0 unspecified atom stereocenters. The van der Waals surface area contributed by atoms with Gasteiger partial charge in [0, 0.05) is 13.1 Å². The van der Waals surface area contributed by atoms with E-state index in [0.29, 0.717) is 12.5 Å². The van der Waals surface area contributed by atoms with Crippen molar-refractivity contribution in [2.45, 2.75) is 45.2 Å². The van der Waals surface area contributed by atoms with Crippen LogP contribution in [0.2, 0.25) is 0 Å². The minimum absolute atomic E-state index is 0.577. The van der Waals surface area contributed by atoms with E-state index in [1.54, 1.807) is 0 Å². The summed E-state index contributed by atoms with van der Waals surface area (Å²) in [6.45, 7) is 5.21. The molecule has 22 heavy (non-hydrogen) atoms. The Kier molecular flexibility index (Phi) is 5.33. The Morgan fingerprint density at radius 3 is 2.41 bits per heavy atom. The van der Waals surface area contributed by atoms with E-state index in [0.717, 1.165) is 19.0 Å². The van der Waals surface area contributed by atoms with E-state index in [1.165, 1.54) is 56.3 Å². The number of rotatable bonds is 6. The van der Waals surface area contributed by atoms with Crippen LogP contribution < -0.4 is 11.1 Å². The van der Waals surface area contributed by atoms with Gasteiger partial charge in [0.1, 0.15) is 0 Å². The maximum absolute atomic E-state index is 5.92. The van der Waals surface area contributed by atoms with Crippen LogP contribution in [0.3, 0.4) is 0 Å². The van der Waals surface area contributed by atoms with Gasteiger partial charge in [0.05, 0.1) is 6.54 Å². The van der Waals surface area contributed by atoms with Crippen LogP contribution in [0, 0.1) is 5.92 Å². The van der Waals surface area contributed by atoms with Crippen molar-refractivity contribution in [1.82, 2.24) is 10.2 Å². The van der Waals surface area contributed by atoms with Gasteiger partial charge in [0.2, 0.25) is 0 Å². The van der Waals surface area contributed by atoms with E-state index in [1.807, 2.05) is 0 Å². The zero-order valence-corrected chi connectivity index (χ0v) is 13.4. The highest BCUT2D eigenvalue weighted by molar-refractivity contribution is 5.77. The van der Waals surface area contributed by atoms with E-state index in [4.69, 9.17) is 5.73 Å². The van der Waals surface area contributed by atoms with Crippen LogP contribution in [0.4, 0.5) is 0 Å². The van der Waals surface area contributed by atoms with Crippen molar-refractivity contribution in [3.05, 3.63) is 35.4 Å². The van der Waals surface area contributed by atoms with Crippen LogP contribution in [0.1, 0.15) is 43.2 Å². The molecule has 2 fully saturated rings. The van der Waals surface area contributed by atoms with Crippen molar-refractivity contribution in [1.29, 1.82) is 0 Å². The Hall–Kier alpha value is -1.55. The lowest BCUT2D eigenvalue weighted by Crippen LogP contribution is -2.37. The van der Waals surface area contributed by atoms with Crippen molar-refractivity contribution in [3.63, 3.8) is 0 Å². The second-order valence-electron chi connectivity index (χ2n) is 6.68. The number of nitrogens with two attached hydrogens (primary N) is 1. The van der Waals surface area contributed by atoms with E-state index < -0.39 is 0 Å². The van der Waals surface area contributed by atoms with Crippen LogP contribution >= 0.6 is 0 Å². The van der Waals surface area contributed by atoms with E-state index in [-0.39, 0.29) is 0 Å². The molecule has 0 spiro atoms. The molecule has 1 saturated carbocycles. The van der Waals surface area contributed by atoms with Crippen molar-refractivity contribution >= 4 is 5.96 Å². The van der Waals surface area contributed by atoms with Gasteiger partial charge in [-0.25, -0.2) is 4.99 Å². The number of guanidine groups is 1. The van der Waals surface area contributed by atoms with Crippen LogP contribution in [-0.2, 0) is 13.1 Å². The SMILES string of the molecule is NC(=NCc1ccc(CN2CCCC2)cc1)NCC1CCC1. The number of benzene rings is 1. The molecule has 1 aliphatic carbocycles. The molecule has 1 aromatic rings. The predicted octanol–water partition coefficient (Wildman–Crippen LogP) is 2.49. The summed E-state index contributed by atoms with van der Waals surface area (Å²) in [5.74, 6) is 1.38. The van der Waals surface area contributed by atoms with Gasteiger partial charge in [-0.05, 0) is 55.8 Å². The van der Waals surface area contributed by atoms with Crippen LogP contribution in [0.25, 0.3) is 0 Å². The smallest absolute Gasteiger partial charge is 0.188 e. The Bertz CT molecular complexity index is 484. The Labute approximate surface area is 133 Å². The molecule has 3 N–H and O–H groups in total. The monoisotopic (exact) mass is 300 g/mol. The molecular weight excluding hydrogens is 272 g/mol. The number of hydrogen-bond acceptors (Lipinski definition) is 2.